The molecule has 0 fully saturated rings. The molecule has 0 radical (unpaired) electrons. The first-order chi connectivity index (χ1) is 11.7. The lowest BCUT2D eigenvalue weighted by atomic mass is 10.2. The number of amides is 1. The van der Waals surface area contributed by atoms with E-state index in [0.29, 0.717) is 23.5 Å². The summed E-state index contributed by atoms with van der Waals surface area (Å²) < 4.78 is 10.9. The standard InChI is InChI=1S/C19H18N2O3/c1-3-12-20-17-15-6-4-5-7-16(15)24-18(17)19(22)21-13-8-10-14(23-2)11-9-13/h3-11,20H,1,12H2,2H3,(H,21,22). The Labute approximate surface area is 139 Å². The molecule has 1 aromatic heterocycles. The molecule has 0 saturated carbocycles. The lowest BCUT2D eigenvalue weighted by Gasteiger charge is -2.07. The van der Waals surface area contributed by atoms with Crippen molar-refractivity contribution in [1.82, 2.24) is 0 Å². The number of furan rings is 1. The molecule has 2 N–H and O–H groups in total. The van der Waals surface area contributed by atoms with E-state index in [2.05, 4.69) is 17.2 Å². The van der Waals surface area contributed by atoms with E-state index < -0.39 is 0 Å². The molecule has 0 unspecified atom stereocenters. The summed E-state index contributed by atoms with van der Waals surface area (Å²) in [5.74, 6) is 0.655. The molecule has 0 aliphatic heterocycles. The van der Waals surface area contributed by atoms with E-state index in [1.54, 1.807) is 37.5 Å². The van der Waals surface area contributed by atoms with Crippen LogP contribution >= 0.6 is 0 Å². The molecular formula is C19H18N2O3. The van der Waals surface area contributed by atoms with Crippen molar-refractivity contribution in [2.45, 2.75) is 0 Å². The van der Waals surface area contributed by atoms with Crippen LogP contribution in [0.15, 0.2) is 65.6 Å². The fourth-order valence-corrected chi connectivity index (χ4v) is 2.42. The smallest absolute Gasteiger partial charge is 0.293 e. The van der Waals surface area contributed by atoms with E-state index in [1.165, 1.54) is 0 Å². The number of methoxy groups -OCH3 is 1. The maximum atomic E-state index is 12.6. The number of carbonyl (C=O) groups excluding carboxylic acids is 1. The summed E-state index contributed by atoms with van der Waals surface area (Å²) in [6.07, 6.45) is 1.73. The molecule has 2 aromatic carbocycles. The van der Waals surface area contributed by atoms with Crippen LogP contribution in [-0.2, 0) is 0 Å². The maximum absolute atomic E-state index is 12.6. The van der Waals surface area contributed by atoms with Gasteiger partial charge in [-0.3, -0.25) is 4.79 Å². The highest BCUT2D eigenvalue weighted by Gasteiger charge is 2.20. The third kappa shape index (κ3) is 3.10. The SMILES string of the molecule is C=CCNc1c(C(=O)Nc2ccc(OC)cc2)oc2ccccc12. The van der Waals surface area contributed by atoms with E-state index >= 15 is 0 Å². The minimum atomic E-state index is -0.317. The third-order valence-electron chi connectivity index (χ3n) is 3.57. The molecule has 5 heteroatoms. The zero-order valence-electron chi connectivity index (χ0n) is 13.3. The van der Waals surface area contributed by atoms with Crippen molar-refractivity contribution in [2.75, 3.05) is 24.3 Å². The third-order valence-corrected chi connectivity index (χ3v) is 3.57. The highest BCUT2D eigenvalue weighted by atomic mass is 16.5. The molecule has 0 atom stereocenters. The Morgan fingerprint density at radius 2 is 1.96 bits per heavy atom. The fraction of sp³-hybridized carbons (Fsp3) is 0.105. The van der Waals surface area contributed by atoms with Gasteiger partial charge in [-0.05, 0) is 36.4 Å². The molecule has 0 spiro atoms. The van der Waals surface area contributed by atoms with Gasteiger partial charge in [0.2, 0.25) is 5.76 Å². The van der Waals surface area contributed by atoms with Gasteiger partial charge in [0.15, 0.2) is 0 Å². The molecule has 0 saturated heterocycles. The van der Waals surface area contributed by atoms with Crippen molar-refractivity contribution in [3.63, 3.8) is 0 Å². The molecule has 0 aliphatic carbocycles. The Hall–Kier alpha value is -3.21. The van der Waals surface area contributed by atoms with Gasteiger partial charge < -0.3 is 19.8 Å². The molecular weight excluding hydrogens is 304 g/mol. The number of para-hydroxylation sites is 1. The van der Waals surface area contributed by atoms with Crippen LogP contribution in [0.5, 0.6) is 5.75 Å². The van der Waals surface area contributed by atoms with E-state index in [0.717, 1.165) is 11.1 Å². The van der Waals surface area contributed by atoms with Crippen LogP contribution in [-0.4, -0.2) is 19.6 Å². The lowest BCUT2D eigenvalue weighted by Crippen LogP contribution is -2.13. The average molecular weight is 322 g/mol. The van der Waals surface area contributed by atoms with E-state index in [4.69, 9.17) is 9.15 Å². The number of carbonyl (C=O) groups is 1. The van der Waals surface area contributed by atoms with Gasteiger partial charge >= 0.3 is 0 Å². The van der Waals surface area contributed by atoms with Crippen LogP contribution in [0.2, 0.25) is 0 Å². The number of ether oxygens (including phenoxy) is 1. The Bertz CT molecular complexity index is 866. The number of hydrogen-bond donors (Lipinski definition) is 2. The Balaban J connectivity index is 1.91. The summed E-state index contributed by atoms with van der Waals surface area (Å²) >= 11 is 0. The number of rotatable bonds is 6. The summed E-state index contributed by atoms with van der Waals surface area (Å²) in [6.45, 7) is 4.23. The predicted molar refractivity (Wildman–Crippen MR) is 95.8 cm³/mol. The minimum absolute atomic E-state index is 0.244. The highest BCUT2D eigenvalue weighted by molar-refractivity contribution is 6.11. The van der Waals surface area contributed by atoms with Crippen molar-refractivity contribution in [3.8, 4) is 5.75 Å². The van der Waals surface area contributed by atoms with E-state index in [-0.39, 0.29) is 11.7 Å². The molecule has 24 heavy (non-hydrogen) atoms. The normalized spacial score (nSPS) is 10.4. The van der Waals surface area contributed by atoms with Crippen LogP contribution in [0, 0.1) is 0 Å². The number of anilines is 2. The fourth-order valence-electron chi connectivity index (χ4n) is 2.42. The van der Waals surface area contributed by atoms with Crippen molar-refractivity contribution in [2.24, 2.45) is 0 Å². The second-order valence-electron chi connectivity index (χ2n) is 5.15. The number of fused-ring (bicyclic) bond motifs is 1. The van der Waals surface area contributed by atoms with Gasteiger partial charge in [0.25, 0.3) is 5.91 Å². The highest BCUT2D eigenvalue weighted by Crippen LogP contribution is 2.31. The molecule has 1 amide bonds. The summed E-state index contributed by atoms with van der Waals surface area (Å²) in [6, 6.07) is 14.6. The van der Waals surface area contributed by atoms with Gasteiger partial charge in [0.05, 0.1) is 12.8 Å². The summed E-state index contributed by atoms with van der Waals surface area (Å²) in [5, 5.41) is 6.87. The van der Waals surface area contributed by atoms with Crippen LogP contribution in [0.1, 0.15) is 10.6 Å². The minimum Gasteiger partial charge on any atom is -0.497 e. The average Bonchev–Trinajstić information content (AvgIpc) is 2.99. The Kier molecular flexibility index (Phi) is 4.52. The van der Waals surface area contributed by atoms with Gasteiger partial charge in [-0.2, -0.15) is 0 Å². The van der Waals surface area contributed by atoms with Gasteiger partial charge in [0.1, 0.15) is 11.3 Å². The summed E-state index contributed by atoms with van der Waals surface area (Å²) in [5.41, 5.74) is 1.98. The van der Waals surface area contributed by atoms with Crippen LogP contribution in [0.25, 0.3) is 11.0 Å². The molecule has 5 nitrogen and oxygen atoms in total. The summed E-state index contributed by atoms with van der Waals surface area (Å²) in [7, 11) is 1.60. The number of benzene rings is 2. The first-order valence-corrected chi connectivity index (χ1v) is 7.54. The van der Waals surface area contributed by atoms with Crippen LogP contribution in [0.4, 0.5) is 11.4 Å². The first kappa shape index (κ1) is 15.7. The largest absolute Gasteiger partial charge is 0.497 e. The predicted octanol–water partition coefficient (Wildman–Crippen LogP) is 4.29. The first-order valence-electron chi connectivity index (χ1n) is 7.54. The van der Waals surface area contributed by atoms with Crippen molar-refractivity contribution >= 4 is 28.3 Å². The van der Waals surface area contributed by atoms with Crippen LogP contribution in [0.3, 0.4) is 0 Å². The molecule has 1 heterocycles. The van der Waals surface area contributed by atoms with E-state index in [1.807, 2.05) is 24.3 Å². The molecule has 3 rings (SSSR count). The quantitative estimate of drug-likeness (QED) is 0.665. The number of nitrogens with one attached hydrogen (secondary N) is 2. The zero-order chi connectivity index (χ0) is 16.9. The molecule has 122 valence electrons. The topological polar surface area (TPSA) is 63.5 Å². The molecule has 3 aromatic rings. The maximum Gasteiger partial charge on any atom is 0.293 e. The second kappa shape index (κ2) is 6.91. The zero-order valence-corrected chi connectivity index (χ0v) is 13.3. The van der Waals surface area contributed by atoms with Crippen LogP contribution < -0.4 is 15.4 Å². The Morgan fingerprint density at radius 3 is 2.67 bits per heavy atom. The van der Waals surface area contributed by atoms with Crippen molar-refractivity contribution in [1.29, 1.82) is 0 Å². The van der Waals surface area contributed by atoms with Crippen molar-refractivity contribution < 1.29 is 13.9 Å². The van der Waals surface area contributed by atoms with Gasteiger partial charge in [-0.15, -0.1) is 6.58 Å². The van der Waals surface area contributed by atoms with Crippen molar-refractivity contribution in [3.05, 3.63) is 66.9 Å². The van der Waals surface area contributed by atoms with E-state index in [9.17, 15) is 4.79 Å². The number of hydrogen-bond acceptors (Lipinski definition) is 4. The molecule has 0 aliphatic rings. The Morgan fingerprint density at radius 1 is 1.21 bits per heavy atom. The monoisotopic (exact) mass is 322 g/mol. The lowest BCUT2D eigenvalue weighted by molar-refractivity contribution is 0.0999. The van der Waals surface area contributed by atoms with Gasteiger partial charge in [-0.1, -0.05) is 18.2 Å². The van der Waals surface area contributed by atoms with Gasteiger partial charge in [0, 0.05) is 17.6 Å². The van der Waals surface area contributed by atoms with Gasteiger partial charge in [-0.25, -0.2) is 0 Å². The summed E-state index contributed by atoms with van der Waals surface area (Å²) in [4.78, 5) is 12.6. The second-order valence-corrected chi connectivity index (χ2v) is 5.15. The molecule has 0 bridgehead atoms.